The maximum absolute atomic E-state index is 9.51. The van der Waals surface area contributed by atoms with Crippen LogP contribution in [-0.4, -0.2) is 11.2 Å². The van der Waals surface area contributed by atoms with Gasteiger partial charge in [0.05, 0.1) is 12.1 Å². The van der Waals surface area contributed by atoms with E-state index < -0.39 is 6.10 Å². The third-order valence-corrected chi connectivity index (χ3v) is 2.90. The molecule has 2 nitrogen and oxygen atoms in total. The number of aliphatic hydroxyl groups excluding tert-OH is 1. The molecule has 0 aliphatic heterocycles. The molecule has 17 heavy (non-hydrogen) atoms. The van der Waals surface area contributed by atoms with Crippen LogP contribution in [0.25, 0.3) is 11.1 Å². The molecule has 0 fully saturated rings. The van der Waals surface area contributed by atoms with Crippen molar-refractivity contribution in [1.82, 2.24) is 0 Å². The minimum atomic E-state index is -0.541. The second-order valence-corrected chi connectivity index (χ2v) is 4.26. The van der Waals surface area contributed by atoms with Crippen molar-refractivity contribution >= 4 is 0 Å². The van der Waals surface area contributed by atoms with Gasteiger partial charge in [0.2, 0.25) is 0 Å². The smallest absolute Gasteiger partial charge is 0.0704 e. The zero-order valence-corrected chi connectivity index (χ0v) is 9.88. The Morgan fingerprint density at radius 1 is 0.941 bits per heavy atom. The van der Waals surface area contributed by atoms with Gasteiger partial charge in [-0.25, -0.2) is 0 Å². The van der Waals surface area contributed by atoms with Gasteiger partial charge >= 0.3 is 0 Å². The van der Waals surface area contributed by atoms with E-state index in [2.05, 4.69) is 12.1 Å². The van der Waals surface area contributed by atoms with Gasteiger partial charge in [0.15, 0.2) is 0 Å². The minimum Gasteiger partial charge on any atom is -0.391 e. The zero-order chi connectivity index (χ0) is 12.3. The molecule has 88 valence electrons. The Labute approximate surface area is 102 Å². The van der Waals surface area contributed by atoms with Gasteiger partial charge in [0.1, 0.15) is 0 Å². The third-order valence-electron chi connectivity index (χ3n) is 2.90. The summed E-state index contributed by atoms with van der Waals surface area (Å²) in [7, 11) is 0. The van der Waals surface area contributed by atoms with E-state index in [0.717, 1.165) is 16.7 Å². The van der Waals surface area contributed by atoms with Gasteiger partial charge in [-0.3, -0.25) is 0 Å². The number of rotatable bonds is 3. The number of nitrogens with two attached hydrogens (primary N) is 1. The minimum absolute atomic E-state index is 0.335. The Bertz CT molecular complexity index is 479. The van der Waals surface area contributed by atoms with Crippen molar-refractivity contribution in [3.63, 3.8) is 0 Å². The molecule has 0 aliphatic rings. The van der Waals surface area contributed by atoms with Gasteiger partial charge in [-0.05, 0) is 29.7 Å². The van der Waals surface area contributed by atoms with E-state index in [9.17, 15) is 5.11 Å². The summed E-state index contributed by atoms with van der Waals surface area (Å²) >= 11 is 0. The molecule has 2 rings (SSSR count). The monoisotopic (exact) mass is 227 g/mol. The van der Waals surface area contributed by atoms with E-state index in [1.165, 1.54) is 0 Å². The summed E-state index contributed by atoms with van der Waals surface area (Å²) in [5.74, 6) is 0. The van der Waals surface area contributed by atoms with Crippen molar-refractivity contribution in [2.24, 2.45) is 5.73 Å². The predicted octanol–water partition coefficient (Wildman–Crippen LogP) is 2.73. The van der Waals surface area contributed by atoms with E-state index in [-0.39, 0.29) is 6.04 Å². The van der Waals surface area contributed by atoms with E-state index in [4.69, 9.17) is 5.73 Å². The second kappa shape index (κ2) is 5.13. The summed E-state index contributed by atoms with van der Waals surface area (Å²) in [6, 6.07) is 17.8. The summed E-state index contributed by atoms with van der Waals surface area (Å²) < 4.78 is 0. The first-order chi connectivity index (χ1) is 8.18. The molecule has 2 atom stereocenters. The molecule has 0 unspecified atom stereocenters. The van der Waals surface area contributed by atoms with Gasteiger partial charge in [0.25, 0.3) is 0 Å². The Morgan fingerprint density at radius 2 is 1.59 bits per heavy atom. The topological polar surface area (TPSA) is 46.2 Å². The molecule has 0 aromatic heterocycles. The highest BCUT2D eigenvalue weighted by Crippen LogP contribution is 2.23. The Balaban J connectivity index is 2.35. The fourth-order valence-electron chi connectivity index (χ4n) is 1.83. The molecule has 0 amide bonds. The molecule has 3 N–H and O–H groups in total. The molecule has 2 aromatic rings. The molecule has 0 heterocycles. The first-order valence-electron chi connectivity index (χ1n) is 5.77. The van der Waals surface area contributed by atoms with E-state index in [0.29, 0.717) is 0 Å². The lowest BCUT2D eigenvalue weighted by atomic mass is 9.98. The standard InChI is InChI=1S/C15H17NO/c1-11(17)15(16)14-9-5-8-13(10-14)12-6-3-2-4-7-12/h2-11,15,17H,16H2,1H3/t11-,15-/m0/s1. The van der Waals surface area contributed by atoms with Gasteiger partial charge in [0, 0.05) is 0 Å². The van der Waals surface area contributed by atoms with Crippen LogP contribution in [-0.2, 0) is 0 Å². The highest BCUT2D eigenvalue weighted by Gasteiger charge is 2.12. The molecular formula is C15H17NO. The van der Waals surface area contributed by atoms with Crippen molar-refractivity contribution < 1.29 is 5.11 Å². The second-order valence-electron chi connectivity index (χ2n) is 4.26. The maximum atomic E-state index is 9.51. The lowest BCUT2D eigenvalue weighted by Gasteiger charge is -2.16. The number of hydrogen-bond donors (Lipinski definition) is 2. The molecule has 0 spiro atoms. The normalized spacial score (nSPS) is 14.3. The quantitative estimate of drug-likeness (QED) is 0.847. The summed E-state index contributed by atoms with van der Waals surface area (Å²) in [5.41, 5.74) is 9.18. The van der Waals surface area contributed by atoms with Crippen LogP contribution in [0.15, 0.2) is 54.6 Å². The van der Waals surface area contributed by atoms with Crippen LogP contribution >= 0.6 is 0 Å². The summed E-state index contributed by atoms with van der Waals surface area (Å²) in [5, 5.41) is 9.51. The van der Waals surface area contributed by atoms with Crippen molar-refractivity contribution in [2.45, 2.75) is 19.1 Å². The molecule has 0 aliphatic carbocycles. The molecule has 2 aromatic carbocycles. The largest absolute Gasteiger partial charge is 0.391 e. The Kier molecular flexibility index (Phi) is 3.57. The summed E-state index contributed by atoms with van der Waals surface area (Å²) in [4.78, 5) is 0. The van der Waals surface area contributed by atoms with E-state index >= 15 is 0 Å². The summed E-state index contributed by atoms with van der Waals surface area (Å²) in [6.07, 6.45) is -0.541. The molecule has 0 saturated heterocycles. The van der Waals surface area contributed by atoms with Crippen LogP contribution in [0, 0.1) is 0 Å². The van der Waals surface area contributed by atoms with Crippen molar-refractivity contribution in [1.29, 1.82) is 0 Å². The van der Waals surface area contributed by atoms with Gasteiger partial charge in [-0.2, -0.15) is 0 Å². The fourth-order valence-corrected chi connectivity index (χ4v) is 1.83. The lowest BCUT2D eigenvalue weighted by molar-refractivity contribution is 0.164. The van der Waals surface area contributed by atoms with Crippen molar-refractivity contribution in [2.75, 3.05) is 0 Å². The van der Waals surface area contributed by atoms with Crippen molar-refractivity contribution in [3.8, 4) is 11.1 Å². The molecule has 0 bridgehead atoms. The van der Waals surface area contributed by atoms with Crippen LogP contribution in [0.4, 0.5) is 0 Å². The molecular weight excluding hydrogens is 210 g/mol. The van der Waals surface area contributed by atoms with Gasteiger partial charge in [-0.1, -0.05) is 48.5 Å². The Morgan fingerprint density at radius 3 is 2.24 bits per heavy atom. The molecule has 0 saturated carbocycles. The summed E-state index contributed by atoms with van der Waals surface area (Å²) in [6.45, 7) is 1.71. The van der Waals surface area contributed by atoms with Gasteiger partial charge in [-0.15, -0.1) is 0 Å². The van der Waals surface area contributed by atoms with Crippen LogP contribution in [0.2, 0.25) is 0 Å². The van der Waals surface area contributed by atoms with Gasteiger partial charge < -0.3 is 10.8 Å². The highest BCUT2D eigenvalue weighted by atomic mass is 16.3. The SMILES string of the molecule is C[C@H](O)[C@H](N)c1cccc(-c2ccccc2)c1. The maximum Gasteiger partial charge on any atom is 0.0704 e. The van der Waals surface area contributed by atoms with Crippen molar-refractivity contribution in [3.05, 3.63) is 60.2 Å². The van der Waals surface area contributed by atoms with E-state index in [1.807, 2.05) is 42.5 Å². The zero-order valence-electron chi connectivity index (χ0n) is 9.88. The average Bonchev–Trinajstić information content (AvgIpc) is 2.39. The first kappa shape index (κ1) is 11.8. The van der Waals surface area contributed by atoms with Crippen LogP contribution < -0.4 is 5.73 Å². The van der Waals surface area contributed by atoms with Crippen LogP contribution in [0.1, 0.15) is 18.5 Å². The average molecular weight is 227 g/mol. The third kappa shape index (κ3) is 2.73. The number of hydrogen-bond acceptors (Lipinski definition) is 2. The predicted molar refractivity (Wildman–Crippen MR) is 70.5 cm³/mol. The first-order valence-corrected chi connectivity index (χ1v) is 5.77. The lowest BCUT2D eigenvalue weighted by Crippen LogP contribution is -2.23. The fraction of sp³-hybridized carbons (Fsp3) is 0.200. The molecule has 2 heteroatoms. The highest BCUT2D eigenvalue weighted by molar-refractivity contribution is 5.64. The number of aliphatic hydroxyl groups is 1. The van der Waals surface area contributed by atoms with Crippen LogP contribution in [0.5, 0.6) is 0 Å². The Hall–Kier alpha value is -1.64. The molecule has 0 radical (unpaired) electrons. The number of benzene rings is 2. The van der Waals surface area contributed by atoms with E-state index in [1.54, 1.807) is 6.92 Å². The van der Waals surface area contributed by atoms with Crippen LogP contribution in [0.3, 0.4) is 0 Å².